The van der Waals surface area contributed by atoms with Crippen molar-refractivity contribution in [3.63, 3.8) is 0 Å². The van der Waals surface area contributed by atoms with Gasteiger partial charge in [0.1, 0.15) is 0 Å². The minimum absolute atomic E-state index is 0.0382. The number of sulfonamides is 1. The Balaban J connectivity index is 1.75. The largest absolute Gasteiger partial charge is 0.452 e. The fourth-order valence-electron chi connectivity index (χ4n) is 3.00. The maximum Gasteiger partial charge on any atom is 0.339 e. The molecule has 1 amide bonds. The van der Waals surface area contributed by atoms with E-state index in [0.29, 0.717) is 14.8 Å². The molecule has 3 rings (SSSR count). The van der Waals surface area contributed by atoms with Crippen LogP contribution in [-0.4, -0.2) is 33.4 Å². The Morgan fingerprint density at radius 1 is 1.03 bits per heavy atom. The van der Waals surface area contributed by atoms with Crippen molar-refractivity contribution in [2.45, 2.75) is 11.8 Å². The Hall–Kier alpha value is -2.63. The molecule has 0 aliphatic carbocycles. The Labute approximate surface area is 210 Å². The zero-order valence-electron chi connectivity index (χ0n) is 17.5. The summed E-state index contributed by atoms with van der Waals surface area (Å²) in [5, 5.41) is 2.66. The second kappa shape index (κ2) is 11.0. The van der Waals surface area contributed by atoms with Gasteiger partial charge in [0, 0.05) is 10.1 Å². The van der Waals surface area contributed by atoms with Crippen molar-refractivity contribution in [3.8, 4) is 0 Å². The van der Waals surface area contributed by atoms with Crippen LogP contribution in [0.5, 0.6) is 0 Å². The fourth-order valence-corrected chi connectivity index (χ4v) is 5.27. The molecular formula is C23H20ClIN2O5S. The van der Waals surface area contributed by atoms with Crippen LogP contribution in [0.2, 0.25) is 5.02 Å². The highest BCUT2D eigenvalue weighted by Crippen LogP contribution is 2.29. The summed E-state index contributed by atoms with van der Waals surface area (Å²) in [4.78, 5) is 24.5. The molecule has 7 nitrogen and oxygen atoms in total. The molecule has 1 N–H and O–H groups in total. The zero-order valence-corrected chi connectivity index (χ0v) is 21.2. The van der Waals surface area contributed by atoms with Gasteiger partial charge in [-0.2, -0.15) is 0 Å². The maximum atomic E-state index is 13.2. The van der Waals surface area contributed by atoms with Crippen molar-refractivity contribution in [1.29, 1.82) is 0 Å². The van der Waals surface area contributed by atoms with E-state index in [2.05, 4.69) is 5.32 Å². The highest BCUT2D eigenvalue weighted by Gasteiger charge is 2.25. The molecule has 0 unspecified atom stereocenters. The van der Waals surface area contributed by atoms with E-state index >= 15 is 0 Å². The Bertz CT molecular complexity index is 1270. The van der Waals surface area contributed by atoms with Crippen molar-refractivity contribution in [1.82, 2.24) is 0 Å². The molecule has 10 heteroatoms. The standard InChI is InChI=1S/C23H20ClIN2O5S/c1-2-27(16-8-4-3-5-9-16)33(30,31)17-12-13-19(24)21(14-17)26-22(28)15-32-23(29)18-10-6-7-11-20(18)25/h3-14H,2,15H2,1H3,(H,26,28). The second-order valence-electron chi connectivity index (χ2n) is 6.75. The lowest BCUT2D eigenvalue weighted by atomic mass is 10.2. The quantitative estimate of drug-likeness (QED) is 0.293. The Kier molecular flexibility index (Phi) is 8.33. The van der Waals surface area contributed by atoms with Crippen molar-refractivity contribution >= 4 is 67.5 Å². The molecule has 172 valence electrons. The number of amides is 1. The van der Waals surface area contributed by atoms with Crippen LogP contribution >= 0.6 is 34.2 Å². The average molecular weight is 599 g/mol. The van der Waals surface area contributed by atoms with Crippen molar-refractivity contribution in [2.24, 2.45) is 0 Å². The fraction of sp³-hybridized carbons (Fsp3) is 0.130. The number of benzene rings is 3. The van der Waals surface area contributed by atoms with E-state index < -0.39 is 28.5 Å². The van der Waals surface area contributed by atoms with Gasteiger partial charge in [0.25, 0.3) is 15.9 Å². The molecule has 33 heavy (non-hydrogen) atoms. The third-order valence-corrected chi connectivity index (χ3v) is 7.73. The summed E-state index contributed by atoms with van der Waals surface area (Å²) < 4.78 is 33.5. The molecule has 3 aromatic carbocycles. The monoisotopic (exact) mass is 598 g/mol. The van der Waals surface area contributed by atoms with E-state index in [-0.39, 0.29) is 22.2 Å². The van der Waals surface area contributed by atoms with Crippen LogP contribution in [0.3, 0.4) is 0 Å². The highest BCUT2D eigenvalue weighted by molar-refractivity contribution is 14.1. The van der Waals surface area contributed by atoms with Crippen LogP contribution in [-0.2, 0) is 19.6 Å². The van der Waals surface area contributed by atoms with Gasteiger partial charge in [-0.25, -0.2) is 13.2 Å². The minimum atomic E-state index is -3.91. The molecule has 0 aliphatic heterocycles. The first-order chi connectivity index (χ1) is 15.7. The van der Waals surface area contributed by atoms with Gasteiger partial charge in [-0.3, -0.25) is 9.10 Å². The minimum Gasteiger partial charge on any atom is -0.452 e. The van der Waals surface area contributed by atoms with E-state index in [9.17, 15) is 18.0 Å². The predicted molar refractivity (Wildman–Crippen MR) is 136 cm³/mol. The normalized spacial score (nSPS) is 11.0. The summed E-state index contributed by atoms with van der Waals surface area (Å²) in [6.07, 6.45) is 0. The van der Waals surface area contributed by atoms with E-state index in [1.807, 2.05) is 22.6 Å². The first kappa shape index (κ1) is 25.0. The van der Waals surface area contributed by atoms with Crippen LogP contribution in [0.25, 0.3) is 0 Å². The number of nitrogens with one attached hydrogen (secondary N) is 1. The van der Waals surface area contributed by atoms with E-state index in [1.165, 1.54) is 22.5 Å². The van der Waals surface area contributed by atoms with Gasteiger partial charge in [-0.05, 0) is 72.0 Å². The number of nitrogens with zero attached hydrogens (tertiary/aromatic N) is 1. The lowest BCUT2D eigenvalue weighted by molar-refractivity contribution is -0.119. The third kappa shape index (κ3) is 6.04. The first-order valence-electron chi connectivity index (χ1n) is 9.83. The number of hydrogen-bond acceptors (Lipinski definition) is 5. The lowest BCUT2D eigenvalue weighted by Gasteiger charge is -2.23. The number of carbonyl (C=O) groups excluding carboxylic acids is 2. The SMILES string of the molecule is CCN(c1ccccc1)S(=O)(=O)c1ccc(Cl)c(NC(=O)COC(=O)c2ccccc2I)c1. The Morgan fingerprint density at radius 2 is 1.70 bits per heavy atom. The molecular weight excluding hydrogens is 579 g/mol. The molecule has 0 atom stereocenters. The number of esters is 1. The van der Waals surface area contributed by atoms with E-state index in [0.717, 1.165) is 0 Å². The molecule has 3 aromatic rings. The molecule has 0 saturated carbocycles. The number of halogens is 2. The average Bonchev–Trinajstić information content (AvgIpc) is 2.80. The van der Waals surface area contributed by atoms with Gasteiger partial charge in [-0.1, -0.05) is 41.9 Å². The second-order valence-corrected chi connectivity index (χ2v) is 10.2. The molecule has 0 saturated heterocycles. The number of hydrogen-bond donors (Lipinski definition) is 1. The van der Waals surface area contributed by atoms with Gasteiger partial charge in [0.2, 0.25) is 0 Å². The summed E-state index contributed by atoms with van der Waals surface area (Å²) >= 11 is 8.17. The van der Waals surface area contributed by atoms with Crippen LogP contribution in [0.1, 0.15) is 17.3 Å². The molecule has 0 spiro atoms. The van der Waals surface area contributed by atoms with Crippen LogP contribution in [0.4, 0.5) is 11.4 Å². The predicted octanol–water partition coefficient (Wildman–Crippen LogP) is 4.96. The van der Waals surface area contributed by atoms with E-state index in [1.54, 1.807) is 61.5 Å². The summed E-state index contributed by atoms with van der Waals surface area (Å²) in [6, 6.07) is 19.6. The van der Waals surface area contributed by atoms with Crippen molar-refractivity contribution < 1.29 is 22.7 Å². The number of rotatable bonds is 8. The maximum absolute atomic E-state index is 13.2. The zero-order chi connectivity index (χ0) is 24.0. The van der Waals surface area contributed by atoms with E-state index in [4.69, 9.17) is 16.3 Å². The molecule has 0 aromatic heterocycles. The van der Waals surface area contributed by atoms with Crippen LogP contribution in [0, 0.1) is 3.57 Å². The van der Waals surface area contributed by atoms with Crippen LogP contribution < -0.4 is 9.62 Å². The van der Waals surface area contributed by atoms with Crippen molar-refractivity contribution in [3.05, 3.63) is 87.0 Å². The van der Waals surface area contributed by atoms with Crippen molar-refractivity contribution in [2.75, 3.05) is 22.8 Å². The number of anilines is 2. The van der Waals surface area contributed by atoms with Gasteiger partial charge in [0.05, 0.1) is 26.9 Å². The summed E-state index contributed by atoms with van der Waals surface area (Å²) in [5.41, 5.74) is 0.956. The summed E-state index contributed by atoms with van der Waals surface area (Å²) in [6.45, 7) is 1.39. The highest BCUT2D eigenvalue weighted by atomic mass is 127. The number of para-hydroxylation sites is 1. The molecule has 0 fully saturated rings. The molecule has 0 heterocycles. The first-order valence-corrected chi connectivity index (χ1v) is 12.7. The van der Waals surface area contributed by atoms with Gasteiger partial charge in [0.15, 0.2) is 6.61 Å². The van der Waals surface area contributed by atoms with Gasteiger partial charge >= 0.3 is 5.97 Å². The molecule has 0 bridgehead atoms. The van der Waals surface area contributed by atoms with Crippen LogP contribution in [0.15, 0.2) is 77.7 Å². The smallest absolute Gasteiger partial charge is 0.339 e. The Morgan fingerprint density at radius 3 is 2.36 bits per heavy atom. The molecule has 0 aliphatic rings. The summed E-state index contributed by atoms with van der Waals surface area (Å²) in [7, 11) is -3.91. The van der Waals surface area contributed by atoms with Gasteiger partial charge < -0.3 is 10.1 Å². The van der Waals surface area contributed by atoms with Gasteiger partial charge in [-0.15, -0.1) is 0 Å². The summed E-state index contributed by atoms with van der Waals surface area (Å²) in [5.74, 6) is -1.29. The molecule has 0 radical (unpaired) electrons. The lowest BCUT2D eigenvalue weighted by Crippen LogP contribution is -2.30. The third-order valence-electron chi connectivity index (χ3n) is 4.56. The number of carbonyl (C=O) groups is 2. The topological polar surface area (TPSA) is 92.8 Å². The number of ether oxygens (including phenoxy) is 1.